The lowest BCUT2D eigenvalue weighted by molar-refractivity contribution is -0.135. The highest BCUT2D eigenvalue weighted by Gasteiger charge is 2.18. The maximum Gasteiger partial charge on any atom is 0.358 e. The lowest BCUT2D eigenvalue weighted by atomic mass is 10.2. The third-order valence-corrected chi connectivity index (χ3v) is 2.77. The quantitative estimate of drug-likeness (QED) is 0.767. The third-order valence-electron chi connectivity index (χ3n) is 2.77. The standard InChI is InChI=1S/C12H17N3O4/c1-4-8(2)15(7-11(16)17)10-6-5-9(13-14-10)12(18)19-3/h5-6,8H,4,7H2,1-3H3,(H,16,17). The van der Waals surface area contributed by atoms with E-state index in [1.807, 2.05) is 13.8 Å². The molecule has 0 aromatic carbocycles. The van der Waals surface area contributed by atoms with Gasteiger partial charge in [-0.2, -0.15) is 0 Å². The Labute approximate surface area is 111 Å². The van der Waals surface area contributed by atoms with Gasteiger partial charge in [-0.05, 0) is 25.5 Å². The molecule has 1 aromatic heterocycles. The maximum absolute atomic E-state index is 11.2. The molecule has 7 heteroatoms. The van der Waals surface area contributed by atoms with E-state index in [4.69, 9.17) is 5.11 Å². The van der Waals surface area contributed by atoms with E-state index in [1.54, 1.807) is 11.0 Å². The van der Waals surface area contributed by atoms with Crippen LogP contribution in [0, 0.1) is 0 Å². The molecule has 1 aromatic rings. The maximum atomic E-state index is 11.2. The van der Waals surface area contributed by atoms with Gasteiger partial charge in [-0.15, -0.1) is 10.2 Å². The normalized spacial score (nSPS) is 11.7. The molecule has 0 aliphatic heterocycles. The monoisotopic (exact) mass is 267 g/mol. The fraction of sp³-hybridized carbons (Fsp3) is 0.500. The predicted molar refractivity (Wildman–Crippen MR) is 68.1 cm³/mol. The summed E-state index contributed by atoms with van der Waals surface area (Å²) in [6.45, 7) is 3.69. The molecule has 0 radical (unpaired) electrons. The molecule has 0 aliphatic rings. The highest BCUT2D eigenvalue weighted by atomic mass is 16.5. The van der Waals surface area contributed by atoms with E-state index in [-0.39, 0.29) is 18.3 Å². The van der Waals surface area contributed by atoms with Gasteiger partial charge < -0.3 is 14.7 Å². The first kappa shape index (κ1) is 14.9. The molecule has 1 atom stereocenters. The zero-order valence-corrected chi connectivity index (χ0v) is 11.2. The second kappa shape index (κ2) is 6.67. The number of rotatable bonds is 6. The first-order valence-corrected chi connectivity index (χ1v) is 5.90. The van der Waals surface area contributed by atoms with Gasteiger partial charge in [0.05, 0.1) is 7.11 Å². The SMILES string of the molecule is CCC(C)N(CC(=O)O)c1ccc(C(=O)OC)nn1. The van der Waals surface area contributed by atoms with Gasteiger partial charge in [0.1, 0.15) is 6.54 Å². The minimum atomic E-state index is -0.945. The number of aromatic nitrogens is 2. The Morgan fingerprint density at radius 2 is 2.11 bits per heavy atom. The minimum Gasteiger partial charge on any atom is -0.480 e. The third kappa shape index (κ3) is 3.90. The van der Waals surface area contributed by atoms with Crippen LogP contribution in [-0.2, 0) is 9.53 Å². The molecule has 0 spiro atoms. The van der Waals surface area contributed by atoms with Crippen LogP contribution in [-0.4, -0.2) is 46.9 Å². The van der Waals surface area contributed by atoms with Crippen LogP contribution in [0.3, 0.4) is 0 Å². The number of carbonyl (C=O) groups is 2. The average molecular weight is 267 g/mol. The van der Waals surface area contributed by atoms with Crippen LogP contribution in [0.25, 0.3) is 0 Å². The molecule has 1 N–H and O–H groups in total. The smallest absolute Gasteiger partial charge is 0.358 e. The number of carboxylic acid groups (broad SMARTS) is 1. The van der Waals surface area contributed by atoms with Gasteiger partial charge in [0.15, 0.2) is 11.5 Å². The van der Waals surface area contributed by atoms with Crippen molar-refractivity contribution in [2.24, 2.45) is 0 Å². The van der Waals surface area contributed by atoms with Gasteiger partial charge in [-0.25, -0.2) is 4.79 Å². The largest absolute Gasteiger partial charge is 0.480 e. The van der Waals surface area contributed by atoms with E-state index in [2.05, 4.69) is 14.9 Å². The predicted octanol–water partition coefficient (Wildman–Crippen LogP) is 0.953. The second-order valence-corrected chi connectivity index (χ2v) is 4.05. The summed E-state index contributed by atoms with van der Waals surface area (Å²) in [5.74, 6) is -1.10. The Kier molecular flexibility index (Phi) is 5.23. The lowest BCUT2D eigenvalue weighted by Gasteiger charge is -2.27. The van der Waals surface area contributed by atoms with E-state index < -0.39 is 11.9 Å². The van der Waals surface area contributed by atoms with E-state index in [1.165, 1.54) is 13.2 Å². The zero-order valence-electron chi connectivity index (χ0n) is 11.2. The van der Waals surface area contributed by atoms with Crippen molar-refractivity contribution in [2.75, 3.05) is 18.6 Å². The summed E-state index contributed by atoms with van der Waals surface area (Å²) in [4.78, 5) is 23.7. The van der Waals surface area contributed by atoms with E-state index in [0.717, 1.165) is 6.42 Å². The Morgan fingerprint density at radius 3 is 2.53 bits per heavy atom. The Bertz CT molecular complexity index is 447. The van der Waals surface area contributed by atoms with Gasteiger partial charge in [0.2, 0.25) is 0 Å². The van der Waals surface area contributed by atoms with Gasteiger partial charge in [-0.1, -0.05) is 6.92 Å². The second-order valence-electron chi connectivity index (χ2n) is 4.05. The summed E-state index contributed by atoms with van der Waals surface area (Å²) in [6.07, 6.45) is 0.772. The van der Waals surface area contributed by atoms with Crippen LogP contribution < -0.4 is 4.90 Å². The number of esters is 1. The van der Waals surface area contributed by atoms with Gasteiger partial charge in [-0.3, -0.25) is 4.79 Å². The van der Waals surface area contributed by atoms with Crippen LogP contribution in [0.4, 0.5) is 5.82 Å². The number of nitrogens with zero attached hydrogens (tertiary/aromatic N) is 3. The Morgan fingerprint density at radius 1 is 1.42 bits per heavy atom. The number of hydrogen-bond donors (Lipinski definition) is 1. The molecule has 1 unspecified atom stereocenters. The molecule has 0 fully saturated rings. The summed E-state index contributed by atoms with van der Waals surface area (Å²) in [7, 11) is 1.26. The van der Waals surface area contributed by atoms with Gasteiger partial charge in [0, 0.05) is 6.04 Å². The van der Waals surface area contributed by atoms with Crippen LogP contribution >= 0.6 is 0 Å². The van der Waals surface area contributed by atoms with Gasteiger partial charge in [0.25, 0.3) is 0 Å². The molecule has 104 valence electrons. The van der Waals surface area contributed by atoms with Crippen LogP contribution in [0.5, 0.6) is 0 Å². The molecule has 0 bridgehead atoms. The first-order chi connectivity index (χ1) is 8.99. The summed E-state index contributed by atoms with van der Waals surface area (Å²) in [6, 6.07) is 3.04. The van der Waals surface area contributed by atoms with Crippen LogP contribution in [0.1, 0.15) is 30.8 Å². The Balaban J connectivity index is 2.96. The number of methoxy groups -OCH3 is 1. The highest BCUT2D eigenvalue weighted by Crippen LogP contribution is 2.15. The molecule has 1 rings (SSSR count). The number of hydrogen-bond acceptors (Lipinski definition) is 6. The van der Waals surface area contributed by atoms with Gasteiger partial charge >= 0.3 is 11.9 Å². The fourth-order valence-corrected chi connectivity index (χ4v) is 1.52. The van der Waals surface area contributed by atoms with Crippen molar-refractivity contribution in [1.29, 1.82) is 0 Å². The molecule has 7 nitrogen and oxygen atoms in total. The molecule has 0 saturated heterocycles. The highest BCUT2D eigenvalue weighted by molar-refractivity contribution is 5.87. The first-order valence-electron chi connectivity index (χ1n) is 5.90. The fourth-order valence-electron chi connectivity index (χ4n) is 1.52. The molecule has 0 amide bonds. The van der Waals surface area contributed by atoms with E-state index in [0.29, 0.717) is 5.82 Å². The van der Waals surface area contributed by atoms with Crippen molar-refractivity contribution in [3.63, 3.8) is 0 Å². The zero-order chi connectivity index (χ0) is 14.4. The van der Waals surface area contributed by atoms with Crippen molar-refractivity contribution >= 4 is 17.8 Å². The van der Waals surface area contributed by atoms with Crippen molar-refractivity contribution in [3.8, 4) is 0 Å². The Hall–Kier alpha value is -2.18. The average Bonchev–Trinajstić information content (AvgIpc) is 2.43. The van der Waals surface area contributed by atoms with Crippen molar-refractivity contribution < 1.29 is 19.4 Å². The summed E-state index contributed by atoms with van der Waals surface area (Å²) >= 11 is 0. The van der Waals surface area contributed by atoms with E-state index >= 15 is 0 Å². The van der Waals surface area contributed by atoms with Crippen LogP contribution in [0.15, 0.2) is 12.1 Å². The van der Waals surface area contributed by atoms with E-state index in [9.17, 15) is 9.59 Å². The number of carboxylic acids is 1. The molecule has 1 heterocycles. The number of anilines is 1. The van der Waals surface area contributed by atoms with Crippen LogP contribution in [0.2, 0.25) is 0 Å². The topological polar surface area (TPSA) is 92.6 Å². The molecule has 0 aliphatic carbocycles. The molecular weight excluding hydrogens is 250 g/mol. The summed E-state index contributed by atoms with van der Waals surface area (Å²) in [5, 5.41) is 16.5. The number of aliphatic carboxylic acids is 1. The minimum absolute atomic E-state index is 0.00868. The lowest BCUT2D eigenvalue weighted by Crippen LogP contribution is -2.37. The molecule has 0 saturated carbocycles. The molecule has 19 heavy (non-hydrogen) atoms. The van der Waals surface area contributed by atoms with Crippen molar-refractivity contribution in [1.82, 2.24) is 10.2 Å². The summed E-state index contributed by atoms with van der Waals surface area (Å²) < 4.78 is 4.52. The number of ether oxygens (including phenoxy) is 1. The summed E-state index contributed by atoms with van der Waals surface area (Å²) in [5.41, 5.74) is 0.0886. The number of carbonyl (C=O) groups excluding carboxylic acids is 1. The van der Waals surface area contributed by atoms with Crippen molar-refractivity contribution in [2.45, 2.75) is 26.3 Å². The van der Waals surface area contributed by atoms with Crippen molar-refractivity contribution in [3.05, 3.63) is 17.8 Å². The molecular formula is C12H17N3O4.